The standard InChI is InChI=1S/C20H20N2O5/c23-12-16(20(25)21-11-15-4-2-1-3-5-15)22-19(24)9-7-14-6-8-17-18(10-14)27-13-26-17/h1-10,16,23H,11-13H2,(H,21,25)(H,22,24). The van der Waals surface area contributed by atoms with Crippen molar-refractivity contribution in [1.82, 2.24) is 10.6 Å². The van der Waals surface area contributed by atoms with Crippen LogP contribution in [0.4, 0.5) is 0 Å². The van der Waals surface area contributed by atoms with Gasteiger partial charge in [-0.05, 0) is 29.3 Å². The van der Waals surface area contributed by atoms with Crippen molar-refractivity contribution in [2.24, 2.45) is 0 Å². The fourth-order valence-electron chi connectivity index (χ4n) is 2.51. The van der Waals surface area contributed by atoms with E-state index >= 15 is 0 Å². The molecule has 1 aliphatic heterocycles. The molecule has 2 amide bonds. The van der Waals surface area contributed by atoms with Gasteiger partial charge in [-0.15, -0.1) is 0 Å². The Morgan fingerprint density at radius 3 is 2.67 bits per heavy atom. The number of carbonyl (C=O) groups is 2. The topological polar surface area (TPSA) is 96.9 Å². The van der Waals surface area contributed by atoms with Crippen molar-refractivity contribution in [2.45, 2.75) is 12.6 Å². The Morgan fingerprint density at radius 1 is 1.11 bits per heavy atom. The summed E-state index contributed by atoms with van der Waals surface area (Å²) in [4.78, 5) is 24.2. The number of hydrogen-bond acceptors (Lipinski definition) is 5. The molecule has 0 saturated carbocycles. The summed E-state index contributed by atoms with van der Waals surface area (Å²) in [6, 6.07) is 13.6. The summed E-state index contributed by atoms with van der Waals surface area (Å²) >= 11 is 0. The quantitative estimate of drug-likeness (QED) is 0.639. The van der Waals surface area contributed by atoms with E-state index in [0.29, 0.717) is 18.0 Å². The molecule has 7 heteroatoms. The predicted octanol–water partition coefficient (Wildman–Crippen LogP) is 1.22. The number of benzene rings is 2. The molecule has 0 aliphatic carbocycles. The molecule has 0 saturated heterocycles. The molecule has 2 aromatic rings. The van der Waals surface area contributed by atoms with Crippen LogP contribution >= 0.6 is 0 Å². The van der Waals surface area contributed by atoms with Crippen LogP contribution in [0.15, 0.2) is 54.6 Å². The highest BCUT2D eigenvalue weighted by Crippen LogP contribution is 2.32. The number of hydrogen-bond donors (Lipinski definition) is 3. The second-order valence-corrected chi connectivity index (χ2v) is 5.89. The predicted molar refractivity (Wildman–Crippen MR) is 98.9 cm³/mol. The average Bonchev–Trinajstić information content (AvgIpc) is 3.17. The second kappa shape index (κ2) is 8.86. The third-order valence-corrected chi connectivity index (χ3v) is 3.95. The number of rotatable bonds is 7. The van der Waals surface area contributed by atoms with Gasteiger partial charge in [-0.3, -0.25) is 9.59 Å². The van der Waals surface area contributed by atoms with E-state index in [4.69, 9.17) is 9.47 Å². The summed E-state index contributed by atoms with van der Waals surface area (Å²) in [7, 11) is 0. The van der Waals surface area contributed by atoms with Gasteiger partial charge in [0.25, 0.3) is 0 Å². The van der Waals surface area contributed by atoms with E-state index in [2.05, 4.69) is 10.6 Å². The number of carbonyl (C=O) groups excluding carboxylic acids is 2. The lowest BCUT2D eigenvalue weighted by atomic mass is 10.2. The van der Waals surface area contributed by atoms with Crippen LogP contribution in [-0.4, -0.2) is 36.4 Å². The van der Waals surface area contributed by atoms with Crippen molar-refractivity contribution < 1.29 is 24.2 Å². The van der Waals surface area contributed by atoms with Gasteiger partial charge in [0.15, 0.2) is 11.5 Å². The zero-order chi connectivity index (χ0) is 19.1. The van der Waals surface area contributed by atoms with E-state index in [-0.39, 0.29) is 6.79 Å². The molecule has 0 fully saturated rings. The Hall–Kier alpha value is -3.32. The zero-order valence-electron chi connectivity index (χ0n) is 14.6. The van der Waals surface area contributed by atoms with Gasteiger partial charge in [0, 0.05) is 12.6 Å². The molecule has 7 nitrogen and oxygen atoms in total. The number of aliphatic hydroxyl groups excluding tert-OH is 1. The summed E-state index contributed by atoms with van der Waals surface area (Å²) in [6.45, 7) is 0.00255. The van der Waals surface area contributed by atoms with Crippen molar-refractivity contribution >= 4 is 17.9 Å². The molecule has 0 aromatic heterocycles. The van der Waals surface area contributed by atoms with Gasteiger partial charge in [-0.2, -0.15) is 0 Å². The van der Waals surface area contributed by atoms with E-state index in [0.717, 1.165) is 11.1 Å². The first-order chi connectivity index (χ1) is 13.2. The Kier molecular flexibility index (Phi) is 6.06. The minimum absolute atomic E-state index is 0.180. The number of amides is 2. The molecule has 1 atom stereocenters. The van der Waals surface area contributed by atoms with Crippen molar-refractivity contribution in [2.75, 3.05) is 13.4 Å². The SMILES string of the molecule is O=C(C=Cc1ccc2c(c1)OCO2)NC(CO)C(=O)NCc1ccccc1. The van der Waals surface area contributed by atoms with Crippen molar-refractivity contribution in [3.05, 3.63) is 65.7 Å². The Balaban J connectivity index is 1.52. The summed E-state index contributed by atoms with van der Waals surface area (Å²) < 4.78 is 10.5. The highest BCUT2D eigenvalue weighted by atomic mass is 16.7. The van der Waals surface area contributed by atoms with Crippen LogP contribution in [0.2, 0.25) is 0 Å². The molecule has 0 bridgehead atoms. The monoisotopic (exact) mass is 368 g/mol. The maximum absolute atomic E-state index is 12.1. The van der Waals surface area contributed by atoms with E-state index in [1.165, 1.54) is 6.08 Å². The molecule has 3 N–H and O–H groups in total. The van der Waals surface area contributed by atoms with E-state index < -0.39 is 24.5 Å². The first-order valence-corrected chi connectivity index (χ1v) is 8.46. The molecule has 1 aliphatic rings. The normalized spacial score (nSPS) is 13.4. The largest absolute Gasteiger partial charge is 0.454 e. The first kappa shape index (κ1) is 18.5. The van der Waals surface area contributed by atoms with E-state index in [9.17, 15) is 14.7 Å². The van der Waals surface area contributed by atoms with Crippen LogP contribution in [0.5, 0.6) is 11.5 Å². The van der Waals surface area contributed by atoms with E-state index in [1.807, 2.05) is 30.3 Å². The highest BCUT2D eigenvalue weighted by molar-refractivity contribution is 5.95. The number of fused-ring (bicyclic) bond motifs is 1. The average molecular weight is 368 g/mol. The fourth-order valence-corrected chi connectivity index (χ4v) is 2.51. The third kappa shape index (κ3) is 5.08. The van der Waals surface area contributed by atoms with Crippen LogP contribution < -0.4 is 20.1 Å². The molecule has 140 valence electrons. The van der Waals surface area contributed by atoms with Crippen molar-refractivity contribution in [1.29, 1.82) is 0 Å². The fraction of sp³-hybridized carbons (Fsp3) is 0.200. The minimum atomic E-state index is -1.03. The summed E-state index contributed by atoms with van der Waals surface area (Å²) in [5.74, 6) is 0.339. The van der Waals surface area contributed by atoms with Crippen LogP contribution in [0, 0.1) is 0 Å². The molecule has 2 aromatic carbocycles. The summed E-state index contributed by atoms with van der Waals surface area (Å²) in [5, 5.41) is 14.6. The van der Waals surface area contributed by atoms with Gasteiger partial charge < -0.3 is 25.2 Å². The smallest absolute Gasteiger partial charge is 0.245 e. The molecule has 0 radical (unpaired) electrons. The maximum atomic E-state index is 12.1. The van der Waals surface area contributed by atoms with Crippen LogP contribution in [-0.2, 0) is 16.1 Å². The highest BCUT2D eigenvalue weighted by Gasteiger charge is 2.18. The molecule has 1 unspecified atom stereocenters. The summed E-state index contributed by atoms with van der Waals surface area (Å²) in [5.41, 5.74) is 1.68. The molecule has 0 spiro atoms. The van der Waals surface area contributed by atoms with Crippen molar-refractivity contribution in [3.63, 3.8) is 0 Å². The number of nitrogens with one attached hydrogen (secondary N) is 2. The first-order valence-electron chi connectivity index (χ1n) is 8.46. The minimum Gasteiger partial charge on any atom is -0.454 e. The van der Waals surface area contributed by atoms with Gasteiger partial charge in [-0.1, -0.05) is 36.4 Å². The third-order valence-electron chi connectivity index (χ3n) is 3.95. The van der Waals surface area contributed by atoms with Gasteiger partial charge in [0.2, 0.25) is 18.6 Å². The Morgan fingerprint density at radius 2 is 1.89 bits per heavy atom. The van der Waals surface area contributed by atoms with Crippen molar-refractivity contribution in [3.8, 4) is 11.5 Å². The Bertz CT molecular complexity index is 836. The zero-order valence-corrected chi connectivity index (χ0v) is 14.6. The van der Waals surface area contributed by atoms with Gasteiger partial charge in [0.05, 0.1) is 6.61 Å². The van der Waals surface area contributed by atoms with Crippen LogP contribution in [0.25, 0.3) is 6.08 Å². The molecular weight excluding hydrogens is 348 g/mol. The lowest BCUT2D eigenvalue weighted by Crippen LogP contribution is -2.48. The second-order valence-electron chi connectivity index (χ2n) is 5.89. The molecular formula is C20H20N2O5. The van der Waals surface area contributed by atoms with Crippen LogP contribution in [0.3, 0.4) is 0 Å². The maximum Gasteiger partial charge on any atom is 0.245 e. The lowest BCUT2D eigenvalue weighted by Gasteiger charge is -2.15. The Labute approximate surface area is 156 Å². The number of aliphatic hydroxyl groups is 1. The molecule has 3 rings (SSSR count). The van der Waals surface area contributed by atoms with Gasteiger partial charge >= 0.3 is 0 Å². The van der Waals surface area contributed by atoms with Gasteiger partial charge in [-0.25, -0.2) is 0 Å². The van der Waals surface area contributed by atoms with E-state index in [1.54, 1.807) is 24.3 Å². The number of ether oxygens (including phenoxy) is 2. The van der Waals surface area contributed by atoms with Crippen LogP contribution in [0.1, 0.15) is 11.1 Å². The lowest BCUT2D eigenvalue weighted by molar-refractivity contribution is -0.128. The molecule has 1 heterocycles. The molecule has 27 heavy (non-hydrogen) atoms. The van der Waals surface area contributed by atoms with Gasteiger partial charge in [0.1, 0.15) is 6.04 Å². The summed E-state index contributed by atoms with van der Waals surface area (Å²) in [6.07, 6.45) is 2.89.